The van der Waals surface area contributed by atoms with Gasteiger partial charge in [-0.2, -0.15) is 15.5 Å². The van der Waals surface area contributed by atoms with Crippen LogP contribution in [0.5, 0.6) is 0 Å². The molecule has 0 amide bonds. The first-order valence-corrected chi connectivity index (χ1v) is 10.2. The monoisotopic (exact) mass is 423 g/mol. The molecule has 1 aromatic carbocycles. The minimum absolute atomic E-state index is 0. The lowest BCUT2D eigenvalue weighted by atomic mass is 10.0. The summed E-state index contributed by atoms with van der Waals surface area (Å²) < 4.78 is 3.59. The van der Waals surface area contributed by atoms with E-state index in [0.717, 1.165) is 38.5 Å². The van der Waals surface area contributed by atoms with E-state index in [4.69, 9.17) is 10.1 Å². The number of hydrogen-bond acceptors (Lipinski definition) is 6. The Morgan fingerprint density at radius 3 is 2.93 bits per heavy atom. The molecule has 6 rings (SSSR count). The van der Waals surface area contributed by atoms with E-state index in [-0.39, 0.29) is 12.4 Å². The summed E-state index contributed by atoms with van der Waals surface area (Å²) in [5.74, 6) is 0. The van der Waals surface area contributed by atoms with Crippen LogP contribution in [0.1, 0.15) is 29.8 Å². The smallest absolute Gasteiger partial charge is 0.213 e. The molecule has 0 aliphatic carbocycles. The Kier molecular flexibility index (Phi) is 4.21. The second-order valence-corrected chi connectivity index (χ2v) is 8.54. The lowest BCUT2D eigenvalue weighted by molar-refractivity contribution is 0.574. The van der Waals surface area contributed by atoms with Gasteiger partial charge in [0, 0.05) is 36.3 Å². The lowest BCUT2D eigenvalue weighted by Gasteiger charge is -2.19. The van der Waals surface area contributed by atoms with Crippen molar-refractivity contribution in [2.75, 3.05) is 0 Å². The number of nitrogens with zero attached hydrogens (tertiary/aromatic N) is 6. The molecule has 4 aromatic rings. The van der Waals surface area contributed by atoms with Crippen molar-refractivity contribution in [1.29, 1.82) is 5.26 Å². The van der Waals surface area contributed by atoms with Crippen molar-refractivity contribution in [3.05, 3.63) is 41.2 Å². The third-order valence-electron chi connectivity index (χ3n) is 5.60. The van der Waals surface area contributed by atoms with Crippen LogP contribution in [0.2, 0.25) is 0 Å². The van der Waals surface area contributed by atoms with Gasteiger partial charge >= 0.3 is 0 Å². The van der Waals surface area contributed by atoms with E-state index in [1.807, 2.05) is 36.1 Å². The summed E-state index contributed by atoms with van der Waals surface area (Å²) in [6.45, 7) is 0. The summed E-state index contributed by atoms with van der Waals surface area (Å²) >= 11 is 1.63. The molecule has 0 saturated carbocycles. The molecule has 5 heterocycles. The summed E-state index contributed by atoms with van der Waals surface area (Å²) in [5.41, 5.74) is 4.37. The van der Waals surface area contributed by atoms with E-state index < -0.39 is 0 Å². The molecule has 7 nitrogen and oxygen atoms in total. The zero-order chi connectivity index (χ0) is 18.8. The molecule has 2 unspecified atom stereocenters. The van der Waals surface area contributed by atoms with Gasteiger partial charge in [-0.3, -0.25) is 4.68 Å². The van der Waals surface area contributed by atoms with E-state index >= 15 is 0 Å². The molecule has 2 atom stereocenters. The first-order valence-electron chi connectivity index (χ1n) is 9.37. The molecule has 2 aliphatic rings. The van der Waals surface area contributed by atoms with E-state index in [1.54, 1.807) is 16.0 Å². The Morgan fingerprint density at radius 1 is 1.24 bits per heavy atom. The number of nitriles is 1. The summed E-state index contributed by atoms with van der Waals surface area (Å²) in [6, 6.07) is 7.23. The van der Waals surface area contributed by atoms with Crippen LogP contribution in [0.3, 0.4) is 0 Å². The van der Waals surface area contributed by atoms with Crippen molar-refractivity contribution >= 4 is 45.2 Å². The highest BCUT2D eigenvalue weighted by molar-refractivity contribution is 7.17. The first kappa shape index (κ1) is 18.3. The molecule has 1 saturated heterocycles. The molecule has 2 bridgehead atoms. The maximum absolute atomic E-state index is 9.50. The number of imidazole rings is 1. The molecule has 3 aromatic heterocycles. The molecule has 29 heavy (non-hydrogen) atoms. The molecule has 2 aliphatic heterocycles. The van der Waals surface area contributed by atoms with Gasteiger partial charge in [0.25, 0.3) is 0 Å². The van der Waals surface area contributed by atoms with Gasteiger partial charge in [0.15, 0.2) is 0 Å². The Morgan fingerprint density at radius 2 is 2.14 bits per heavy atom. The van der Waals surface area contributed by atoms with Crippen molar-refractivity contribution in [2.24, 2.45) is 7.05 Å². The highest BCUT2D eigenvalue weighted by Crippen LogP contribution is 2.34. The summed E-state index contributed by atoms with van der Waals surface area (Å²) in [6.07, 6.45) is 9.71. The number of nitrogens with one attached hydrogen (secondary N) is 1. The SMILES string of the molecule is Cl.Cn1cc2cc(-c3cn4nc(C5=CC6CCC(C5)N6)sc4n3)cc(C#N)c2n1. The van der Waals surface area contributed by atoms with Crippen LogP contribution in [-0.2, 0) is 7.05 Å². The number of hydrogen-bond donors (Lipinski definition) is 1. The zero-order valence-corrected chi connectivity index (χ0v) is 17.3. The van der Waals surface area contributed by atoms with Gasteiger partial charge in [-0.25, -0.2) is 9.50 Å². The fraction of sp³-hybridized carbons (Fsp3) is 0.300. The molecule has 0 spiro atoms. The van der Waals surface area contributed by atoms with Gasteiger partial charge in [0.2, 0.25) is 4.96 Å². The standard InChI is InChI=1S/C20H17N7S.ClH/c1-26-9-14-5-11(4-13(8-21)18(14)24-26)17-10-27-20(23-17)28-19(25-27)12-6-15-2-3-16(7-12)22-15;/h4-6,9-10,15-16,22H,2-3,7H2,1H3;1H. The van der Waals surface area contributed by atoms with Gasteiger partial charge in [-0.05, 0) is 37.0 Å². The molecule has 146 valence electrons. The van der Waals surface area contributed by atoms with Crippen LogP contribution < -0.4 is 5.32 Å². The van der Waals surface area contributed by atoms with E-state index in [9.17, 15) is 5.26 Å². The fourth-order valence-corrected chi connectivity index (χ4v) is 5.25. The highest BCUT2D eigenvalue weighted by Gasteiger charge is 2.29. The molecule has 9 heteroatoms. The Labute approximate surface area is 177 Å². The number of benzene rings is 1. The third-order valence-corrected chi connectivity index (χ3v) is 6.60. The molecule has 0 radical (unpaired) electrons. The number of rotatable bonds is 2. The fourth-order valence-electron chi connectivity index (χ4n) is 4.33. The Bertz CT molecular complexity index is 1290. The molecular weight excluding hydrogens is 406 g/mol. The van der Waals surface area contributed by atoms with Crippen LogP contribution in [0, 0.1) is 11.3 Å². The van der Waals surface area contributed by atoms with Crippen molar-refractivity contribution in [3.63, 3.8) is 0 Å². The summed E-state index contributed by atoms with van der Waals surface area (Å²) in [5, 5.41) is 24.3. The zero-order valence-electron chi connectivity index (χ0n) is 15.7. The van der Waals surface area contributed by atoms with Gasteiger partial charge in [0.1, 0.15) is 16.6 Å². The van der Waals surface area contributed by atoms with Gasteiger partial charge in [0.05, 0.1) is 17.5 Å². The van der Waals surface area contributed by atoms with Crippen LogP contribution >= 0.6 is 23.7 Å². The second kappa shape index (κ2) is 6.66. The normalized spacial score (nSPS) is 20.6. The summed E-state index contributed by atoms with van der Waals surface area (Å²) in [4.78, 5) is 5.66. The van der Waals surface area contributed by atoms with E-state index in [2.05, 4.69) is 22.6 Å². The van der Waals surface area contributed by atoms with Gasteiger partial charge in [-0.15, -0.1) is 12.4 Å². The van der Waals surface area contributed by atoms with E-state index in [1.165, 1.54) is 18.4 Å². The number of aryl methyl sites for hydroxylation is 1. The number of fused-ring (bicyclic) bond motifs is 4. The average Bonchev–Trinajstić information content (AvgIpc) is 3.42. The maximum atomic E-state index is 9.50. The predicted molar refractivity (Wildman–Crippen MR) is 115 cm³/mol. The Balaban J connectivity index is 0.00000181. The second-order valence-electron chi connectivity index (χ2n) is 7.58. The van der Waals surface area contributed by atoms with E-state index in [0.29, 0.717) is 17.6 Å². The van der Waals surface area contributed by atoms with Crippen molar-refractivity contribution < 1.29 is 0 Å². The molecule has 1 fully saturated rings. The minimum atomic E-state index is 0. The lowest BCUT2D eigenvalue weighted by Crippen LogP contribution is -2.31. The van der Waals surface area contributed by atoms with Crippen molar-refractivity contribution in [2.45, 2.75) is 31.3 Å². The predicted octanol–water partition coefficient (Wildman–Crippen LogP) is 3.55. The van der Waals surface area contributed by atoms with Crippen molar-refractivity contribution in [1.82, 2.24) is 29.7 Å². The van der Waals surface area contributed by atoms with Crippen LogP contribution in [0.25, 0.3) is 32.7 Å². The highest BCUT2D eigenvalue weighted by atomic mass is 35.5. The average molecular weight is 424 g/mol. The topological polar surface area (TPSA) is 83.8 Å². The largest absolute Gasteiger partial charge is 0.307 e. The quantitative estimate of drug-likeness (QED) is 0.533. The van der Waals surface area contributed by atoms with Crippen LogP contribution in [-0.4, -0.2) is 36.5 Å². The van der Waals surface area contributed by atoms with Crippen LogP contribution in [0.15, 0.2) is 30.6 Å². The third kappa shape index (κ3) is 2.94. The van der Waals surface area contributed by atoms with Crippen molar-refractivity contribution in [3.8, 4) is 17.3 Å². The molecule has 1 N–H and O–H groups in total. The molecular formula is C20H18ClN7S. The first-order chi connectivity index (χ1) is 13.7. The van der Waals surface area contributed by atoms with Crippen LogP contribution in [0.4, 0.5) is 0 Å². The minimum Gasteiger partial charge on any atom is -0.307 e. The number of aromatic nitrogens is 5. The number of halogens is 1. The van der Waals surface area contributed by atoms with Gasteiger partial charge < -0.3 is 5.32 Å². The Hall–Kier alpha value is -2.73. The summed E-state index contributed by atoms with van der Waals surface area (Å²) in [7, 11) is 1.86. The maximum Gasteiger partial charge on any atom is 0.213 e. The van der Waals surface area contributed by atoms with Gasteiger partial charge in [-0.1, -0.05) is 17.4 Å².